The minimum atomic E-state index is -0.169. The van der Waals surface area contributed by atoms with E-state index in [2.05, 4.69) is 5.92 Å². The molecule has 68 valence electrons. The fourth-order valence-corrected chi connectivity index (χ4v) is 0.942. The Kier molecular flexibility index (Phi) is 4.43. The lowest BCUT2D eigenvalue weighted by Gasteiger charge is -2.19. The maximum atomic E-state index is 11.0. The normalized spacial score (nSPS) is 10.5. The number of carbonyl (C=O) groups is 1. The van der Waals surface area contributed by atoms with Gasteiger partial charge in [-0.15, -0.1) is 12.3 Å². The molecule has 0 aliphatic carbocycles. The molecule has 0 fully saturated rings. The van der Waals surface area contributed by atoms with E-state index in [-0.39, 0.29) is 11.4 Å². The largest absolute Gasteiger partial charge is 0.466 e. The maximum absolute atomic E-state index is 11.0. The quantitative estimate of drug-likeness (QED) is 0.474. The van der Waals surface area contributed by atoms with E-state index in [1.165, 1.54) is 0 Å². The zero-order valence-electron chi connectivity index (χ0n) is 8.02. The fourth-order valence-electron chi connectivity index (χ4n) is 0.942. The lowest BCUT2D eigenvalue weighted by Crippen LogP contribution is -2.18. The summed E-state index contributed by atoms with van der Waals surface area (Å²) in [7, 11) is 0. The predicted octanol–water partition coefficient (Wildman–Crippen LogP) is 1.99. The molecule has 0 N–H and O–H groups in total. The van der Waals surface area contributed by atoms with Gasteiger partial charge in [-0.1, -0.05) is 13.8 Å². The highest BCUT2D eigenvalue weighted by Gasteiger charge is 2.21. The Morgan fingerprint density at radius 3 is 2.58 bits per heavy atom. The Morgan fingerprint density at radius 1 is 1.58 bits per heavy atom. The van der Waals surface area contributed by atoms with Crippen LogP contribution in [0.3, 0.4) is 0 Å². The summed E-state index contributed by atoms with van der Waals surface area (Å²) in [4.78, 5) is 11.0. The van der Waals surface area contributed by atoms with E-state index >= 15 is 0 Å². The highest BCUT2D eigenvalue weighted by molar-refractivity contribution is 5.70. The third-order valence-electron chi connectivity index (χ3n) is 1.51. The predicted molar refractivity (Wildman–Crippen MR) is 48.5 cm³/mol. The molecule has 0 spiro atoms. The molecule has 0 aromatic rings. The van der Waals surface area contributed by atoms with Crippen molar-refractivity contribution in [2.75, 3.05) is 6.61 Å². The van der Waals surface area contributed by atoms with E-state index in [4.69, 9.17) is 11.2 Å². The lowest BCUT2D eigenvalue weighted by molar-refractivity contribution is -0.145. The van der Waals surface area contributed by atoms with Crippen molar-refractivity contribution < 1.29 is 9.53 Å². The number of ether oxygens (including phenoxy) is 1. The summed E-state index contributed by atoms with van der Waals surface area (Å²) < 4.78 is 4.82. The molecule has 0 radical (unpaired) electrons. The molecular formula is C10H16O2. The molecule has 0 rings (SSSR count). The summed E-state index contributed by atoms with van der Waals surface area (Å²) in [6.45, 7) is 6.16. The molecule has 0 amide bonds. The third-order valence-corrected chi connectivity index (χ3v) is 1.51. The van der Waals surface area contributed by atoms with Crippen LogP contribution in [-0.4, -0.2) is 12.6 Å². The average molecular weight is 168 g/mol. The van der Waals surface area contributed by atoms with E-state index in [9.17, 15) is 4.79 Å². The van der Waals surface area contributed by atoms with Crippen LogP contribution in [0.2, 0.25) is 0 Å². The SMILES string of the molecule is C#CCC(C)(C)CC(=O)OCC. The number of terminal acetylenes is 1. The van der Waals surface area contributed by atoms with Gasteiger partial charge in [-0.3, -0.25) is 4.79 Å². The first kappa shape index (κ1) is 11.0. The van der Waals surface area contributed by atoms with Crippen molar-refractivity contribution in [2.45, 2.75) is 33.6 Å². The smallest absolute Gasteiger partial charge is 0.306 e. The first-order chi connectivity index (χ1) is 5.52. The van der Waals surface area contributed by atoms with Crippen molar-refractivity contribution in [1.29, 1.82) is 0 Å². The molecule has 0 heterocycles. The topological polar surface area (TPSA) is 26.3 Å². The first-order valence-corrected chi connectivity index (χ1v) is 4.11. The molecule has 0 aromatic heterocycles. The molecule has 0 aromatic carbocycles. The van der Waals surface area contributed by atoms with Gasteiger partial charge in [-0.25, -0.2) is 0 Å². The van der Waals surface area contributed by atoms with Crippen molar-refractivity contribution in [3.05, 3.63) is 0 Å². The van der Waals surface area contributed by atoms with E-state index in [1.807, 2.05) is 13.8 Å². The fraction of sp³-hybridized carbons (Fsp3) is 0.700. The zero-order valence-corrected chi connectivity index (χ0v) is 8.02. The number of hydrogen-bond donors (Lipinski definition) is 0. The minimum Gasteiger partial charge on any atom is -0.466 e. The molecule has 0 aliphatic heterocycles. The number of rotatable bonds is 4. The van der Waals surface area contributed by atoms with Crippen molar-refractivity contribution in [1.82, 2.24) is 0 Å². The molecule has 0 saturated carbocycles. The van der Waals surface area contributed by atoms with Crippen LogP contribution in [0.1, 0.15) is 33.6 Å². The Labute approximate surface area is 74.3 Å². The van der Waals surface area contributed by atoms with Gasteiger partial charge in [0, 0.05) is 6.42 Å². The van der Waals surface area contributed by atoms with Gasteiger partial charge in [-0.05, 0) is 12.3 Å². The second kappa shape index (κ2) is 4.82. The van der Waals surface area contributed by atoms with Crippen LogP contribution < -0.4 is 0 Å². The second-order valence-corrected chi connectivity index (χ2v) is 3.53. The number of carbonyl (C=O) groups excluding carboxylic acids is 1. The van der Waals surface area contributed by atoms with Gasteiger partial charge in [0.25, 0.3) is 0 Å². The van der Waals surface area contributed by atoms with Crippen LogP contribution in [0.15, 0.2) is 0 Å². The zero-order chi connectivity index (χ0) is 9.61. The summed E-state index contributed by atoms with van der Waals surface area (Å²) in [5.41, 5.74) is -0.138. The summed E-state index contributed by atoms with van der Waals surface area (Å²) >= 11 is 0. The molecule has 2 nitrogen and oxygen atoms in total. The molecular weight excluding hydrogens is 152 g/mol. The van der Waals surface area contributed by atoms with Gasteiger partial charge in [0.15, 0.2) is 0 Å². The van der Waals surface area contributed by atoms with Gasteiger partial charge in [-0.2, -0.15) is 0 Å². The Hall–Kier alpha value is -0.970. The van der Waals surface area contributed by atoms with Crippen LogP contribution in [0.25, 0.3) is 0 Å². The van der Waals surface area contributed by atoms with Gasteiger partial charge in [0.2, 0.25) is 0 Å². The Bertz CT molecular complexity index is 187. The van der Waals surface area contributed by atoms with Crippen molar-refractivity contribution in [2.24, 2.45) is 5.41 Å². The van der Waals surface area contributed by atoms with Crippen LogP contribution in [-0.2, 0) is 9.53 Å². The van der Waals surface area contributed by atoms with Crippen molar-refractivity contribution in [3.63, 3.8) is 0 Å². The summed E-state index contributed by atoms with van der Waals surface area (Å²) in [5.74, 6) is 2.38. The Balaban J connectivity index is 3.89. The molecule has 0 saturated heterocycles. The average Bonchev–Trinajstić information content (AvgIpc) is 1.85. The maximum Gasteiger partial charge on any atom is 0.306 e. The number of hydrogen-bond acceptors (Lipinski definition) is 2. The molecule has 0 atom stereocenters. The minimum absolute atomic E-state index is 0.138. The van der Waals surface area contributed by atoms with Crippen LogP contribution in [0, 0.1) is 17.8 Å². The van der Waals surface area contributed by atoms with Gasteiger partial charge >= 0.3 is 5.97 Å². The molecule has 0 aliphatic rings. The van der Waals surface area contributed by atoms with Crippen LogP contribution in [0.5, 0.6) is 0 Å². The second-order valence-electron chi connectivity index (χ2n) is 3.53. The molecule has 0 bridgehead atoms. The summed E-state index contributed by atoms with van der Waals surface area (Å²) in [6.07, 6.45) is 6.16. The summed E-state index contributed by atoms with van der Waals surface area (Å²) in [5, 5.41) is 0. The van der Waals surface area contributed by atoms with Crippen LogP contribution >= 0.6 is 0 Å². The van der Waals surface area contributed by atoms with Gasteiger partial charge in [0.05, 0.1) is 13.0 Å². The Morgan fingerprint density at radius 2 is 2.17 bits per heavy atom. The first-order valence-electron chi connectivity index (χ1n) is 4.11. The standard InChI is InChI=1S/C10H16O2/c1-5-7-10(3,4)8-9(11)12-6-2/h1H,6-8H2,2-4H3. The number of esters is 1. The van der Waals surface area contributed by atoms with E-state index in [1.54, 1.807) is 6.92 Å². The summed E-state index contributed by atoms with van der Waals surface area (Å²) in [6, 6.07) is 0. The van der Waals surface area contributed by atoms with E-state index in [0.29, 0.717) is 19.4 Å². The molecule has 0 unspecified atom stereocenters. The van der Waals surface area contributed by atoms with E-state index in [0.717, 1.165) is 0 Å². The lowest BCUT2D eigenvalue weighted by atomic mass is 9.86. The van der Waals surface area contributed by atoms with Crippen molar-refractivity contribution in [3.8, 4) is 12.3 Å². The molecule has 2 heteroatoms. The van der Waals surface area contributed by atoms with Crippen LogP contribution in [0.4, 0.5) is 0 Å². The third kappa shape index (κ3) is 4.79. The monoisotopic (exact) mass is 168 g/mol. The highest BCUT2D eigenvalue weighted by Crippen LogP contribution is 2.24. The highest BCUT2D eigenvalue weighted by atomic mass is 16.5. The molecule has 12 heavy (non-hydrogen) atoms. The van der Waals surface area contributed by atoms with Gasteiger partial charge < -0.3 is 4.74 Å². The van der Waals surface area contributed by atoms with Gasteiger partial charge in [0.1, 0.15) is 0 Å². The van der Waals surface area contributed by atoms with Crippen molar-refractivity contribution >= 4 is 5.97 Å². The van der Waals surface area contributed by atoms with E-state index < -0.39 is 0 Å².